The molecule has 1 aromatic heterocycles. The number of ether oxygens (including phenoxy) is 3. The van der Waals surface area contributed by atoms with E-state index >= 15 is 0 Å². The molecule has 0 bridgehead atoms. The van der Waals surface area contributed by atoms with Crippen molar-refractivity contribution in [3.05, 3.63) is 57.9 Å². The lowest BCUT2D eigenvalue weighted by Gasteiger charge is -2.12. The number of nitrogens with one attached hydrogen (secondary N) is 1. The second-order valence-corrected chi connectivity index (χ2v) is 6.47. The normalized spacial score (nSPS) is 11.9. The lowest BCUT2D eigenvalue weighted by Crippen LogP contribution is -2.26. The molecule has 1 atom stereocenters. The van der Waals surface area contributed by atoms with Crippen molar-refractivity contribution < 1.29 is 28.6 Å². The van der Waals surface area contributed by atoms with Crippen molar-refractivity contribution in [3.8, 4) is 11.8 Å². The second kappa shape index (κ2) is 9.56. The summed E-state index contributed by atoms with van der Waals surface area (Å²) in [5.41, 5.74) is 1.58. The van der Waals surface area contributed by atoms with Crippen molar-refractivity contribution >= 4 is 23.8 Å². The van der Waals surface area contributed by atoms with Crippen LogP contribution in [0.5, 0.6) is 5.75 Å². The van der Waals surface area contributed by atoms with Gasteiger partial charge >= 0.3 is 11.9 Å². The van der Waals surface area contributed by atoms with E-state index in [-0.39, 0.29) is 16.8 Å². The summed E-state index contributed by atoms with van der Waals surface area (Å²) in [6, 6.07) is 8.57. The molecule has 0 saturated carbocycles. The monoisotopic (exact) mass is 410 g/mol. The summed E-state index contributed by atoms with van der Waals surface area (Å²) in [5.74, 6) is -1.47. The number of carbonyl (C=O) groups excluding carboxylic acids is 3. The van der Waals surface area contributed by atoms with E-state index in [1.807, 2.05) is 0 Å². The Hall–Kier alpha value is -3.86. The van der Waals surface area contributed by atoms with Gasteiger partial charge in [0.25, 0.3) is 0 Å². The SMILES string of the molecule is COC(=O)c1c(C)[nH]c(C(=O)[C@@H](C)OC(=O)/C(C#N)=C/c2cccc(OC)c2)c1C. The Morgan fingerprint density at radius 2 is 1.90 bits per heavy atom. The van der Waals surface area contributed by atoms with E-state index in [0.29, 0.717) is 22.6 Å². The number of H-pyrrole nitrogens is 1. The summed E-state index contributed by atoms with van der Waals surface area (Å²) in [6.45, 7) is 4.63. The van der Waals surface area contributed by atoms with Gasteiger partial charge in [0.2, 0.25) is 5.78 Å². The molecule has 0 aliphatic carbocycles. The van der Waals surface area contributed by atoms with Gasteiger partial charge in [-0.1, -0.05) is 12.1 Å². The number of aromatic amines is 1. The molecule has 0 amide bonds. The van der Waals surface area contributed by atoms with E-state index in [0.717, 1.165) is 0 Å². The Labute approximate surface area is 174 Å². The minimum Gasteiger partial charge on any atom is -0.497 e. The van der Waals surface area contributed by atoms with E-state index in [2.05, 4.69) is 4.98 Å². The molecule has 0 spiro atoms. The largest absolute Gasteiger partial charge is 0.497 e. The fraction of sp³-hybridized carbons (Fsp3) is 0.273. The van der Waals surface area contributed by atoms with E-state index < -0.39 is 23.8 Å². The lowest BCUT2D eigenvalue weighted by molar-refractivity contribution is -0.141. The van der Waals surface area contributed by atoms with Gasteiger partial charge in [-0.05, 0) is 50.1 Å². The standard InChI is InChI=1S/C22H22N2O6/c1-12-18(22(27)29-5)13(2)24-19(12)20(25)14(3)30-21(26)16(11-23)9-15-7-6-8-17(10-15)28-4/h6-10,14,24H,1-5H3/b16-9+/t14-/m1/s1. The van der Waals surface area contributed by atoms with Crippen LogP contribution in [0.1, 0.15) is 44.6 Å². The first-order valence-electron chi connectivity index (χ1n) is 9.02. The summed E-state index contributed by atoms with van der Waals surface area (Å²) in [5, 5.41) is 9.33. The Morgan fingerprint density at radius 1 is 1.20 bits per heavy atom. The number of hydrogen-bond donors (Lipinski definition) is 1. The molecule has 1 heterocycles. The van der Waals surface area contributed by atoms with E-state index in [1.165, 1.54) is 27.2 Å². The maximum atomic E-state index is 12.8. The number of Topliss-reactive ketones (excluding diaryl/α,β-unsaturated/α-hetero) is 1. The van der Waals surface area contributed by atoms with Gasteiger partial charge in [-0.15, -0.1) is 0 Å². The lowest BCUT2D eigenvalue weighted by atomic mass is 10.1. The number of methoxy groups -OCH3 is 2. The molecule has 0 aliphatic rings. The van der Waals surface area contributed by atoms with Gasteiger partial charge in [-0.2, -0.15) is 5.26 Å². The van der Waals surface area contributed by atoms with Crippen LogP contribution in [0.25, 0.3) is 6.08 Å². The number of nitriles is 1. The fourth-order valence-corrected chi connectivity index (χ4v) is 2.92. The molecule has 8 nitrogen and oxygen atoms in total. The van der Waals surface area contributed by atoms with Gasteiger partial charge in [-0.25, -0.2) is 9.59 Å². The topological polar surface area (TPSA) is 118 Å². The molecule has 0 fully saturated rings. The minimum absolute atomic E-state index is 0.142. The molecular formula is C22H22N2O6. The van der Waals surface area contributed by atoms with Gasteiger partial charge in [0.15, 0.2) is 6.10 Å². The van der Waals surface area contributed by atoms with E-state index in [4.69, 9.17) is 14.2 Å². The average Bonchev–Trinajstić information content (AvgIpc) is 3.04. The predicted molar refractivity (Wildman–Crippen MR) is 108 cm³/mol. The summed E-state index contributed by atoms with van der Waals surface area (Å²) in [7, 11) is 2.75. The molecular weight excluding hydrogens is 388 g/mol. The van der Waals surface area contributed by atoms with Crippen LogP contribution in [0, 0.1) is 25.2 Å². The van der Waals surface area contributed by atoms with E-state index in [9.17, 15) is 19.6 Å². The smallest absolute Gasteiger partial charge is 0.349 e. The number of carbonyl (C=O) groups is 3. The maximum absolute atomic E-state index is 12.8. The van der Waals surface area contributed by atoms with Crippen molar-refractivity contribution in [2.75, 3.05) is 14.2 Å². The summed E-state index contributed by atoms with van der Waals surface area (Å²) in [4.78, 5) is 39.9. The number of nitrogens with zero attached hydrogens (tertiary/aromatic N) is 1. The molecule has 8 heteroatoms. The number of rotatable bonds is 7. The van der Waals surface area contributed by atoms with Gasteiger partial charge in [0.05, 0.1) is 25.5 Å². The van der Waals surface area contributed by atoms with Crippen LogP contribution in [-0.4, -0.2) is 43.0 Å². The third-order valence-corrected chi connectivity index (χ3v) is 4.47. The van der Waals surface area contributed by atoms with Crippen LogP contribution in [0.15, 0.2) is 29.8 Å². The van der Waals surface area contributed by atoms with Crippen LogP contribution in [-0.2, 0) is 14.3 Å². The molecule has 0 unspecified atom stereocenters. The third-order valence-electron chi connectivity index (χ3n) is 4.47. The zero-order valence-corrected chi connectivity index (χ0v) is 17.4. The molecule has 156 valence electrons. The highest BCUT2D eigenvalue weighted by Gasteiger charge is 2.28. The van der Waals surface area contributed by atoms with Gasteiger partial charge in [0, 0.05) is 5.69 Å². The number of ketones is 1. The highest BCUT2D eigenvalue weighted by molar-refractivity contribution is 6.05. The minimum atomic E-state index is -1.18. The zero-order valence-electron chi connectivity index (χ0n) is 17.4. The van der Waals surface area contributed by atoms with Crippen LogP contribution in [0.2, 0.25) is 0 Å². The Morgan fingerprint density at radius 3 is 2.50 bits per heavy atom. The Kier molecular flexibility index (Phi) is 7.15. The summed E-state index contributed by atoms with van der Waals surface area (Å²) in [6.07, 6.45) is 0.170. The highest BCUT2D eigenvalue weighted by Crippen LogP contribution is 2.21. The fourth-order valence-electron chi connectivity index (χ4n) is 2.92. The number of benzene rings is 1. The van der Waals surface area contributed by atoms with Crippen LogP contribution >= 0.6 is 0 Å². The number of hydrogen-bond acceptors (Lipinski definition) is 7. The number of aromatic nitrogens is 1. The van der Waals surface area contributed by atoms with Crippen molar-refractivity contribution in [2.24, 2.45) is 0 Å². The van der Waals surface area contributed by atoms with Crippen LogP contribution < -0.4 is 4.74 Å². The average molecular weight is 410 g/mol. The molecule has 2 rings (SSSR count). The number of aryl methyl sites for hydroxylation is 1. The molecule has 0 aliphatic heterocycles. The first-order chi connectivity index (χ1) is 14.2. The number of esters is 2. The molecule has 30 heavy (non-hydrogen) atoms. The predicted octanol–water partition coefficient (Wildman–Crippen LogP) is 3.15. The second-order valence-electron chi connectivity index (χ2n) is 6.47. The first kappa shape index (κ1) is 22.4. The van der Waals surface area contributed by atoms with Crippen molar-refractivity contribution in [1.82, 2.24) is 4.98 Å². The highest BCUT2D eigenvalue weighted by atomic mass is 16.5. The third kappa shape index (κ3) is 4.75. The first-order valence-corrected chi connectivity index (χ1v) is 9.02. The van der Waals surface area contributed by atoms with E-state index in [1.54, 1.807) is 44.2 Å². The molecule has 1 aromatic carbocycles. The van der Waals surface area contributed by atoms with Crippen molar-refractivity contribution in [3.63, 3.8) is 0 Å². The molecule has 0 radical (unpaired) electrons. The Bertz CT molecular complexity index is 1060. The Balaban J connectivity index is 2.22. The maximum Gasteiger partial charge on any atom is 0.349 e. The molecule has 2 aromatic rings. The van der Waals surface area contributed by atoms with Crippen LogP contribution in [0.4, 0.5) is 0 Å². The molecule has 0 saturated heterocycles. The van der Waals surface area contributed by atoms with Crippen molar-refractivity contribution in [1.29, 1.82) is 5.26 Å². The van der Waals surface area contributed by atoms with Crippen LogP contribution in [0.3, 0.4) is 0 Å². The van der Waals surface area contributed by atoms with Gasteiger partial charge in [-0.3, -0.25) is 4.79 Å². The summed E-state index contributed by atoms with van der Waals surface area (Å²) < 4.78 is 15.0. The van der Waals surface area contributed by atoms with Crippen molar-refractivity contribution in [2.45, 2.75) is 26.9 Å². The van der Waals surface area contributed by atoms with Gasteiger partial charge in [0.1, 0.15) is 17.4 Å². The molecule has 1 N–H and O–H groups in total. The quantitative estimate of drug-likeness (QED) is 0.322. The zero-order chi connectivity index (χ0) is 22.4. The summed E-state index contributed by atoms with van der Waals surface area (Å²) >= 11 is 0. The van der Waals surface area contributed by atoms with Gasteiger partial charge < -0.3 is 19.2 Å².